The van der Waals surface area contributed by atoms with Crippen molar-refractivity contribution < 1.29 is 9.90 Å². The summed E-state index contributed by atoms with van der Waals surface area (Å²) in [5.74, 6) is 0.515. The summed E-state index contributed by atoms with van der Waals surface area (Å²) in [7, 11) is 0. The number of fused-ring (bicyclic) bond motifs is 3. The lowest BCUT2D eigenvalue weighted by Crippen LogP contribution is -2.49. The number of likely N-dealkylation sites (tertiary alicyclic amines) is 1. The molecule has 1 aliphatic carbocycles. The predicted molar refractivity (Wildman–Crippen MR) is 129 cm³/mol. The molecule has 2 N–H and O–H groups in total. The fourth-order valence-corrected chi connectivity index (χ4v) is 5.66. The molecule has 0 bridgehead atoms. The second-order valence-corrected chi connectivity index (χ2v) is 9.70. The van der Waals surface area contributed by atoms with Crippen LogP contribution in [0.3, 0.4) is 0 Å². The smallest absolute Gasteiger partial charge is 0.258 e. The Morgan fingerprint density at radius 1 is 1.15 bits per heavy atom. The van der Waals surface area contributed by atoms with E-state index in [2.05, 4.69) is 16.3 Å². The minimum atomic E-state index is -0.335. The van der Waals surface area contributed by atoms with Crippen LogP contribution in [-0.4, -0.2) is 46.2 Å². The number of amides is 1. The minimum Gasteiger partial charge on any atom is -0.396 e. The number of aliphatic hydroxyl groups excluding tert-OH is 1. The van der Waals surface area contributed by atoms with Crippen LogP contribution in [0, 0.1) is 17.8 Å². The maximum Gasteiger partial charge on any atom is 0.258 e. The van der Waals surface area contributed by atoms with Gasteiger partial charge in [-0.25, -0.2) is 0 Å². The standard InChI is InChI=1S/C27H33N3O3/c1-2-14-28-26(32)25-22(17-31)21-16-29-23(24(21)30(25)15-19-8-9-19)13-12-20(27(29)33)11-10-18-6-4-3-5-7-18/h3-7,10-13,19,21-22,24-25,31H,2,8-9,14-17H2,1H3,(H,28,32)/b11-10+/t21-,22-,24+,25-/m0/s1. The zero-order valence-corrected chi connectivity index (χ0v) is 19.2. The van der Waals surface area contributed by atoms with Crippen LogP contribution in [0.15, 0.2) is 47.3 Å². The lowest BCUT2D eigenvalue weighted by molar-refractivity contribution is -0.127. The van der Waals surface area contributed by atoms with Crippen molar-refractivity contribution in [3.63, 3.8) is 0 Å². The molecular weight excluding hydrogens is 414 g/mol. The van der Waals surface area contributed by atoms with Gasteiger partial charge in [-0.05, 0) is 49.0 Å². The predicted octanol–water partition coefficient (Wildman–Crippen LogP) is 2.92. The van der Waals surface area contributed by atoms with Crippen LogP contribution in [0.2, 0.25) is 0 Å². The molecule has 1 saturated carbocycles. The van der Waals surface area contributed by atoms with Gasteiger partial charge in [0.1, 0.15) is 0 Å². The molecule has 2 fully saturated rings. The van der Waals surface area contributed by atoms with Gasteiger partial charge in [-0.3, -0.25) is 14.5 Å². The van der Waals surface area contributed by atoms with Crippen molar-refractivity contribution >= 4 is 18.1 Å². The van der Waals surface area contributed by atoms with E-state index in [0.29, 0.717) is 24.6 Å². The van der Waals surface area contributed by atoms with Crippen LogP contribution >= 0.6 is 0 Å². The molecule has 3 aliphatic rings. The van der Waals surface area contributed by atoms with Crippen LogP contribution in [0.5, 0.6) is 0 Å². The molecule has 1 aromatic carbocycles. The number of aliphatic hydroxyl groups is 1. The topological polar surface area (TPSA) is 74.6 Å². The van der Waals surface area contributed by atoms with Gasteiger partial charge in [-0.2, -0.15) is 0 Å². The molecule has 174 valence electrons. The fraction of sp³-hybridized carbons (Fsp3) is 0.481. The number of hydrogen-bond acceptors (Lipinski definition) is 4. The van der Waals surface area contributed by atoms with E-state index in [1.165, 1.54) is 12.8 Å². The summed E-state index contributed by atoms with van der Waals surface area (Å²) in [5.41, 5.74) is 2.70. The van der Waals surface area contributed by atoms with E-state index in [1.807, 2.05) is 60.0 Å². The van der Waals surface area contributed by atoms with Crippen molar-refractivity contribution in [3.05, 3.63) is 69.6 Å². The van der Waals surface area contributed by atoms with Crippen molar-refractivity contribution in [2.75, 3.05) is 19.7 Å². The first-order chi connectivity index (χ1) is 16.1. The molecule has 33 heavy (non-hydrogen) atoms. The Kier molecular flexibility index (Phi) is 6.21. The third-order valence-electron chi connectivity index (χ3n) is 7.46. The second-order valence-electron chi connectivity index (χ2n) is 9.70. The maximum absolute atomic E-state index is 13.4. The van der Waals surface area contributed by atoms with E-state index < -0.39 is 0 Å². The van der Waals surface area contributed by atoms with Gasteiger partial charge in [0.05, 0.1) is 12.1 Å². The van der Waals surface area contributed by atoms with Crippen molar-refractivity contribution in [2.45, 2.75) is 44.8 Å². The Labute approximate surface area is 194 Å². The van der Waals surface area contributed by atoms with Crippen LogP contribution in [0.25, 0.3) is 12.2 Å². The Hall–Kier alpha value is -2.70. The number of nitrogens with one attached hydrogen (secondary N) is 1. The number of benzene rings is 1. The quantitative estimate of drug-likeness (QED) is 0.653. The summed E-state index contributed by atoms with van der Waals surface area (Å²) >= 11 is 0. The zero-order chi connectivity index (χ0) is 22.9. The van der Waals surface area contributed by atoms with Crippen molar-refractivity contribution in [1.29, 1.82) is 0 Å². The number of hydrogen-bond donors (Lipinski definition) is 2. The molecule has 4 atom stereocenters. The Morgan fingerprint density at radius 2 is 1.94 bits per heavy atom. The van der Waals surface area contributed by atoms with E-state index in [-0.39, 0.29) is 42.0 Å². The van der Waals surface area contributed by atoms with Crippen LogP contribution in [0.4, 0.5) is 0 Å². The molecule has 1 aromatic heterocycles. The van der Waals surface area contributed by atoms with Gasteiger partial charge in [0.15, 0.2) is 0 Å². The summed E-state index contributed by atoms with van der Waals surface area (Å²) in [4.78, 5) is 28.8. The zero-order valence-electron chi connectivity index (χ0n) is 19.2. The summed E-state index contributed by atoms with van der Waals surface area (Å²) in [6.45, 7) is 4.05. The summed E-state index contributed by atoms with van der Waals surface area (Å²) in [6.07, 6.45) is 7.11. The second kappa shape index (κ2) is 9.27. The third-order valence-corrected chi connectivity index (χ3v) is 7.46. The molecule has 2 aliphatic heterocycles. The molecule has 6 nitrogen and oxygen atoms in total. The molecule has 0 spiro atoms. The van der Waals surface area contributed by atoms with Crippen molar-refractivity contribution in [3.8, 4) is 0 Å². The molecule has 2 aromatic rings. The first-order valence-electron chi connectivity index (χ1n) is 12.2. The largest absolute Gasteiger partial charge is 0.396 e. The summed E-state index contributed by atoms with van der Waals surface area (Å²) in [6, 6.07) is 13.6. The molecule has 0 unspecified atom stereocenters. The first kappa shape index (κ1) is 22.1. The maximum atomic E-state index is 13.4. The Balaban J connectivity index is 1.47. The molecule has 5 rings (SSSR count). The number of carbonyl (C=O) groups is 1. The molecule has 0 radical (unpaired) electrons. The van der Waals surface area contributed by atoms with Gasteiger partial charge < -0.3 is 15.0 Å². The average molecular weight is 448 g/mol. The van der Waals surface area contributed by atoms with E-state index in [1.54, 1.807) is 0 Å². The van der Waals surface area contributed by atoms with Gasteiger partial charge in [-0.15, -0.1) is 0 Å². The highest BCUT2D eigenvalue weighted by Gasteiger charge is 2.56. The fourth-order valence-electron chi connectivity index (χ4n) is 5.66. The lowest BCUT2D eigenvalue weighted by Gasteiger charge is -2.30. The van der Waals surface area contributed by atoms with E-state index in [4.69, 9.17) is 0 Å². The van der Waals surface area contributed by atoms with Gasteiger partial charge in [0.25, 0.3) is 5.56 Å². The van der Waals surface area contributed by atoms with Gasteiger partial charge >= 0.3 is 0 Å². The molecular formula is C27H33N3O3. The number of nitrogens with zero attached hydrogens (tertiary/aromatic N) is 2. The molecule has 1 amide bonds. The van der Waals surface area contributed by atoms with E-state index in [0.717, 1.165) is 24.2 Å². The Morgan fingerprint density at radius 3 is 2.64 bits per heavy atom. The van der Waals surface area contributed by atoms with Gasteiger partial charge in [0.2, 0.25) is 5.91 Å². The lowest BCUT2D eigenvalue weighted by atomic mass is 9.88. The highest BCUT2D eigenvalue weighted by molar-refractivity contribution is 5.82. The van der Waals surface area contributed by atoms with E-state index in [9.17, 15) is 14.7 Å². The summed E-state index contributed by atoms with van der Waals surface area (Å²) < 4.78 is 1.88. The van der Waals surface area contributed by atoms with Crippen molar-refractivity contribution in [2.24, 2.45) is 17.8 Å². The average Bonchev–Trinajstić information content (AvgIpc) is 3.49. The van der Waals surface area contributed by atoms with Crippen molar-refractivity contribution in [1.82, 2.24) is 14.8 Å². The van der Waals surface area contributed by atoms with Gasteiger partial charge in [0, 0.05) is 49.3 Å². The number of pyridine rings is 1. The monoisotopic (exact) mass is 447 g/mol. The normalized spacial score (nSPS) is 26.5. The van der Waals surface area contributed by atoms with E-state index >= 15 is 0 Å². The molecule has 3 heterocycles. The highest BCUT2D eigenvalue weighted by atomic mass is 16.3. The Bertz CT molecular complexity index is 1090. The SMILES string of the molecule is CCCNC(=O)[C@@H]1[C@@H](CO)[C@@H]2Cn3c(ccc(/C=C/c4ccccc4)c3=O)[C@@H]2N1CC1CC1. The van der Waals surface area contributed by atoms with Crippen LogP contribution in [0.1, 0.15) is 49.0 Å². The highest BCUT2D eigenvalue weighted by Crippen LogP contribution is 2.50. The molecule has 1 saturated heterocycles. The first-order valence-corrected chi connectivity index (χ1v) is 12.2. The third kappa shape index (κ3) is 4.18. The number of aromatic nitrogens is 1. The van der Waals surface area contributed by atoms with Crippen LogP contribution in [-0.2, 0) is 11.3 Å². The number of rotatable bonds is 8. The molecule has 6 heteroatoms. The van der Waals surface area contributed by atoms with Gasteiger partial charge in [-0.1, -0.05) is 43.3 Å². The number of carbonyl (C=O) groups excluding carboxylic acids is 1. The minimum absolute atomic E-state index is 0.0000190. The van der Waals surface area contributed by atoms with Crippen LogP contribution < -0.4 is 10.9 Å². The summed E-state index contributed by atoms with van der Waals surface area (Å²) in [5, 5.41) is 13.4.